The molecule has 2 heterocycles. The molecule has 9 nitrogen and oxygen atoms in total. The van der Waals surface area contributed by atoms with Crippen LogP contribution in [0.2, 0.25) is 0 Å². The molecule has 0 aromatic heterocycles. The van der Waals surface area contributed by atoms with Gasteiger partial charge in [0.1, 0.15) is 18.1 Å². The maximum absolute atomic E-state index is 13.7. The van der Waals surface area contributed by atoms with Crippen molar-refractivity contribution in [3.63, 3.8) is 0 Å². The second kappa shape index (κ2) is 9.60. The highest BCUT2D eigenvalue weighted by Crippen LogP contribution is 2.65. The fourth-order valence-electron chi connectivity index (χ4n) is 5.40. The third-order valence-electron chi connectivity index (χ3n) is 7.56. The van der Waals surface area contributed by atoms with Gasteiger partial charge in [-0.15, -0.1) is 0 Å². The van der Waals surface area contributed by atoms with E-state index in [1.165, 1.54) is 4.90 Å². The van der Waals surface area contributed by atoms with Crippen LogP contribution in [-0.2, 0) is 19.2 Å². The van der Waals surface area contributed by atoms with E-state index in [1.54, 1.807) is 20.8 Å². The van der Waals surface area contributed by atoms with Crippen molar-refractivity contribution < 1.29 is 19.2 Å². The Balaban J connectivity index is 1.81. The molecule has 35 heavy (non-hydrogen) atoms. The fraction of sp³-hybridized carbons (Fsp3) is 0.783. The van der Waals surface area contributed by atoms with Crippen LogP contribution in [0.5, 0.6) is 0 Å². The van der Waals surface area contributed by atoms with Crippen molar-refractivity contribution in [3.05, 3.63) is 0 Å². The summed E-state index contributed by atoms with van der Waals surface area (Å²) in [6.45, 7) is 10.3. The Morgan fingerprint density at radius 2 is 1.86 bits per heavy atom. The smallest absolute Gasteiger partial charge is 0.272 e. The summed E-state index contributed by atoms with van der Waals surface area (Å²) in [5, 5.41) is 17.6. The van der Waals surface area contributed by atoms with Gasteiger partial charge in [0.25, 0.3) is 9.70 Å². The molecule has 194 valence electrons. The van der Waals surface area contributed by atoms with E-state index < -0.39 is 45.1 Å². The van der Waals surface area contributed by atoms with Crippen molar-refractivity contribution in [2.75, 3.05) is 13.1 Å². The third-order valence-corrected chi connectivity index (χ3v) is 8.08. The number of rotatable bonds is 6. The zero-order valence-electron chi connectivity index (χ0n) is 20.5. The highest BCUT2D eigenvalue weighted by atomic mass is 35.6. The minimum Gasteiger partial charge on any atom is -0.356 e. The number of likely N-dealkylation sites (tertiary alicyclic amines) is 1. The molecule has 0 radical (unpaired) electrons. The second-order valence-corrected chi connectivity index (χ2v) is 13.6. The van der Waals surface area contributed by atoms with Crippen molar-refractivity contribution in [1.82, 2.24) is 20.9 Å². The minimum atomic E-state index is -2.25. The zero-order valence-corrected chi connectivity index (χ0v) is 22.7. The lowest BCUT2D eigenvalue weighted by molar-refractivity contribution is -0.145. The Labute approximate surface area is 220 Å². The van der Waals surface area contributed by atoms with Crippen LogP contribution in [0.1, 0.15) is 47.5 Å². The van der Waals surface area contributed by atoms with Crippen LogP contribution in [0, 0.1) is 39.9 Å². The average Bonchev–Trinajstić information content (AvgIpc) is 3.10. The number of nitrogens with zero attached hydrogens (tertiary/aromatic N) is 2. The van der Waals surface area contributed by atoms with Gasteiger partial charge in [-0.1, -0.05) is 69.4 Å². The molecule has 2 saturated heterocycles. The molecule has 3 aliphatic rings. The molecule has 1 saturated carbocycles. The normalized spacial score (nSPS) is 28.9. The molecule has 0 bridgehead atoms. The van der Waals surface area contributed by atoms with Crippen LogP contribution in [0.15, 0.2) is 0 Å². The van der Waals surface area contributed by atoms with E-state index in [0.717, 1.165) is 0 Å². The molecule has 0 aromatic rings. The molecule has 0 spiro atoms. The van der Waals surface area contributed by atoms with Crippen molar-refractivity contribution in [2.24, 2.45) is 28.6 Å². The van der Waals surface area contributed by atoms with Gasteiger partial charge in [0.15, 0.2) is 0 Å². The molecule has 4 amide bonds. The van der Waals surface area contributed by atoms with Gasteiger partial charge in [-0.05, 0) is 35.5 Å². The summed E-state index contributed by atoms with van der Waals surface area (Å²) in [6.07, 6.45) is 0.810. The van der Waals surface area contributed by atoms with Crippen LogP contribution < -0.4 is 16.0 Å². The Bertz CT molecular complexity index is 952. The first-order chi connectivity index (χ1) is 16.0. The van der Waals surface area contributed by atoms with Gasteiger partial charge in [-0.2, -0.15) is 5.26 Å². The van der Waals surface area contributed by atoms with Crippen molar-refractivity contribution in [3.8, 4) is 6.07 Å². The molecule has 12 heteroatoms. The van der Waals surface area contributed by atoms with Gasteiger partial charge in [0.05, 0.1) is 6.07 Å². The molecule has 0 aromatic carbocycles. The Hall–Kier alpha value is -1.76. The number of hydrogen-bond acceptors (Lipinski definition) is 5. The summed E-state index contributed by atoms with van der Waals surface area (Å²) in [5.41, 5.74) is -0.888. The molecule has 3 N–H and O–H groups in total. The van der Waals surface area contributed by atoms with Crippen LogP contribution >= 0.6 is 34.8 Å². The van der Waals surface area contributed by atoms with E-state index in [2.05, 4.69) is 22.0 Å². The average molecular weight is 549 g/mol. The number of halogens is 3. The predicted molar refractivity (Wildman–Crippen MR) is 131 cm³/mol. The van der Waals surface area contributed by atoms with Gasteiger partial charge < -0.3 is 20.9 Å². The first-order valence-corrected chi connectivity index (χ1v) is 12.8. The summed E-state index contributed by atoms with van der Waals surface area (Å²) in [4.78, 5) is 53.0. The van der Waals surface area contributed by atoms with Crippen LogP contribution in [-0.4, -0.2) is 63.5 Å². The summed E-state index contributed by atoms with van der Waals surface area (Å²) < 4.78 is -2.25. The van der Waals surface area contributed by atoms with Gasteiger partial charge in [0, 0.05) is 19.0 Å². The number of carbonyl (C=O) groups excluding carboxylic acids is 4. The quantitative estimate of drug-likeness (QED) is 0.436. The molecule has 6 atom stereocenters. The van der Waals surface area contributed by atoms with Crippen molar-refractivity contribution >= 4 is 58.4 Å². The molecule has 0 unspecified atom stereocenters. The van der Waals surface area contributed by atoms with Crippen LogP contribution in [0.4, 0.5) is 0 Å². The molecular formula is C23H32Cl3N5O4. The van der Waals surface area contributed by atoms with Gasteiger partial charge in [-0.3, -0.25) is 19.2 Å². The second-order valence-electron chi connectivity index (χ2n) is 11.4. The molecule has 3 fully saturated rings. The van der Waals surface area contributed by atoms with Crippen molar-refractivity contribution in [1.29, 1.82) is 5.26 Å². The maximum Gasteiger partial charge on any atom is 0.272 e. The molecule has 2 aliphatic heterocycles. The SMILES string of the molecule is CC(C)(C)[C@H](NC(=O)C(Cl)(Cl)Cl)C(=O)N1C[C@H]2[C@@H]([C@H]1C(=O)N[C@H](C#N)C[C@@H]1CCNC1=O)C2(C)C. The molecule has 3 rings (SSSR count). The third kappa shape index (κ3) is 5.65. The maximum atomic E-state index is 13.7. The minimum absolute atomic E-state index is 0.0925. The lowest BCUT2D eigenvalue weighted by Crippen LogP contribution is -2.60. The van der Waals surface area contributed by atoms with Gasteiger partial charge in [0.2, 0.25) is 17.7 Å². The summed E-state index contributed by atoms with van der Waals surface area (Å²) in [7, 11) is 0. The zero-order chi connectivity index (χ0) is 26.5. The van der Waals surface area contributed by atoms with E-state index in [0.29, 0.717) is 19.5 Å². The van der Waals surface area contributed by atoms with E-state index >= 15 is 0 Å². The monoisotopic (exact) mass is 547 g/mol. The number of nitrogens with one attached hydrogen (secondary N) is 3. The Morgan fingerprint density at radius 1 is 1.23 bits per heavy atom. The summed E-state index contributed by atoms with van der Waals surface area (Å²) in [6, 6.07) is -0.654. The van der Waals surface area contributed by atoms with E-state index in [4.69, 9.17) is 34.8 Å². The van der Waals surface area contributed by atoms with Crippen molar-refractivity contribution in [2.45, 2.75) is 69.4 Å². The fourth-order valence-corrected chi connectivity index (χ4v) is 5.56. The number of fused-ring (bicyclic) bond motifs is 1. The topological polar surface area (TPSA) is 131 Å². The number of piperidine rings is 1. The molecule has 1 aliphatic carbocycles. The summed E-state index contributed by atoms with van der Waals surface area (Å²) in [5.74, 6) is -2.28. The standard InChI is InChI=1S/C23H32Cl3N5O4/c1-21(2,3)16(30-20(35)23(24,25)26)19(34)31-10-13-14(22(13,4)5)15(31)18(33)29-12(9-27)8-11-6-7-28-17(11)32/h11-16H,6-8,10H2,1-5H3,(H,28,32)(H,29,33)(H,30,35)/t11-,12-,13-,14-,15-,16+/m0/s1. The Kier molecular flexibility index (Phi) is 7.63. The van der Waals surface area contributed by atoms with E-state index in [9.17, 15) is 24.4 Å². The largest absolute Gasteiger partial charge is 0.356 e. The highest BCUT2D eigenvalue weighted by Gasteiger charge is 2.69. The van der Waals surface area contributed by atoms with E-state index in [-0.39, 0.29) is 35.5 Å². The summed E-state index contributed by atoms with van der Waals surface area (Å²) >= 11 is 17.1. The van der Waals surface area contributed by atoms with Crippen LogP contribution in [0.25, 0.3) is 0 Å². The number of nitriles is 1. The van der Waals surface area contributed by atoms with Crippen LogP contribution in [0.3, 0.4) is 0 Å². The molecular weight excluding hydrogens is 517 g/mol. The first-order valence-electron chi connectivity index (χ1n) is 11.7. The number of carbonyl (C=O) groups is 4. The highest BCUT2D eigenvalue weighted by molar-refractivity contribution is 6.76. The number of hydrogen-bond donors (Lipinski definition) is 3. The predicted octanol–water partition coefficient (Wildman–Crippen LogP) is 1.91. The lowest BCUT2D eigenvalue weighted by Gasteiger charge is -2.38. The van der Waals surface area contributed by atoms with Gasteiger partial charge in [-0.25, -0.2) is 0 Å². The first kappa shape index (κ1) is 27.8. The number of amides is 4. The lowest BCUT2D eigenvalue weighted by atomic mass is 9.85. The number of alkyl halides is 3. The van der Waals surface area contributed by atoms with Gasteiger partial charge >= 0.3 is 0 Å². The Morgan fingerprint density at radius 3 is 2.34 bits per heavy atom. The van der Waals surface area contributed by atoms with E-state index in [1.807, 2.05) is 13.8 Å².